The number of hydrogen-bond donors (Lipinski definition) is 0. The molecular weight excluding hydrogens is 478 g/mol. The van der Waals surface area contributed by atoms with Crippen LogP contribution in [0, 0.1) is 6.92 Å². The van der Waals surface area contributed by atoms with Crippen molar-refractivity contribution in [1.29, 1.82) is 0 Å². The van der Waals surface area contributed by atoms with Crippen LogP contribution in [0.5, 0.6) is 0 Å². The number of rotatable bonds is 3. The number of furan rings is 1. The smallest absolute Gasteiger partial charge is 0.145 e. The second-order valence-corrected chi connectivity index (χ2v) is 11.2. The molecule has 3 heterocycles. The molecule has 0 aliphatic carbocycles. The van der Waals surface area contributed by atoms with E-state index in [4.69, 9.17) is 9.40 Å². The number of pyridine rings is 1. The number of para-hydroxylation sites is 1. The van der Waals surface area contributed by atoms with Crippen molar-refractivity contribution in [2.24, 2.45) is 0 Å². The molecule has 0 unspecified atom stereocenters. The van der Waals surface area contributed by atoms with Crippen LogP contribution >= 0.6 is 0 Å². The fraction of sp³-hybridized carbons (Fsp3) is 0.143. The maximum absolute atomic E-state index is 6.12. The van der Waals surface area contributed by atoms with Crippen molar-refractivity contribution >= 4 is 33.0 Å². The number of fused-ring (bicyclic) bond motifs is 4. The van der Waals surface area contributed by atoms with Crippen LogP contribution in [0.2, 0.25) is 0 Å². The van der Waals surface area contributed by atoms with Crippen molar-refractivity contribution in [3.05, 3.63) is 115 Å². The first-order valence-corrected chi connectivity index (χ1v) is 13.3. The maximum atomic E-state index is 6.12. The van der Waals surface area contributed by atoms with E-state index in [0.717, 1.165) is 55.7 Å². The summed E-state index contributed by atoms with van der Waals surface area (Å²) < 4.78 is 8.42. The van der Waals surface area contributed by atoms with Gasteiger partial charge in [0.25, 0.3) is 0 Å². The van der Waals surface area contributed by atoms with Gasteiger partial charge in [-0.05, 0) is 71.5 Å². The average Bonchev–Trinajstić information content (AvgIpc) is 3.52. The number of imidazole rings is 1. The van der Waals surface area contributed by atoms with Crippen LogP contribution in [0.15, 0.2) is 108 Å². The highest BCUT2D eigenvalue weighted by atomic mass is 16.3. The van der Waals surface area contributed by atoms with E-state index in [9.17, 15) is 0 Å². The highest BCUT2D eigenvalue weighted by molar-refractivity contribution is 6.06. The standard InChI is InChI=1S/C35H29N3O/c1-22-33-29(18-19-36-22)37-34(25-15-17-32-27(20-25)26-12-8-9-13-31(26)39-32)38(33)30-16-14-24(21-28(30)35(2,3)4)23-10-6-5-7-11-23/h5-21H,1-4H3. The minimum atomic E-state index is -0.102. The lowest BCUT2D eigenvalue weighted by molar-refractivity contribution is 0.587. The van der Waals surface area contributed by atoms with Gasteiger partial charge in [-0.25, -0.2) is 4.98 Å². The quantitative estimate of drug-likeness (QED) is 0.239. The Labute approximate surface area is 227 Å². The summed E-state index contributed by atoms with van der Waals surface area (Å²) in [5.74, 6) is 0.895. The molecule has 0 bridgehead atoms. The van der Waals surface area contributed by atoms with Crippen LogP contribution in [0.4, 0.5) is 0 Å². The second kappa shape index (κ2) is 8.67. The average molecular weight is 508 g/mol. The molecule has 4 nitrogen and oxygen atoms in total. The molecule has 39 heavy (non-hydrogen) atoms. The van der Waals surface area contributed by atoms with E-state index in [2.05, 4.69) is 116 Å². The Balaban J connectivity index is 1.53. The maximum Gasteiger partial charge on any atom is 0.145 e. The number of hydrogen-bond acceptors (Lipinski definition) is 3. The van der Waals surface area contributed by atoms with Gasteiger partial charge in [-0.2, -0.15) is 0 Å². The third-order valence-corrected chi connectivity index (χ3v) is 7.54. The number of aryl methyl sites for hydroxylation is 1. The van der Waals surface area contributed by atoms with E-state index in [-0.39, 0.29) is 5.41 Å². The fourth-order valence-corrected chi connectivity index (χ4v) is 5.62. The summed E-state index contributed by atoms with van der Waals surface area (Å²) >= 11 is 0. The SMILES string of the molecule is Cc1nccc2nc(-c3ccc4oc5ccccc5c4c3)n(-c3ccc(-c4ccccc4)cc3C(C)(C)C)c12. The van der Waals surface area contributed by atoms with Crippen molar-refractivity contribution < 1.29 is 4.42 Å². The third kappa shape index (κ3) is 3.83. The van der Waals surface area contributed by atoms with Gasteiger partial charge in [0, 0.05) is 22.5 Å². The lowest BCUT2D eigenvalue weighted by atomic mass is 9.83. The molecule has 0 spiro atoms. The molecule has 7 rings (SSSR count). The molecule has 190 valence electrons. The Kier molecular flexibility index (Phi) is 5.21. The van der Waals surface area contributed by atoms with E-state index in [1.807, 2.05) is 24.4 Å². The topological polar surface area (TPSA) is 43.9 Å². The van der Waals surface area contributed by atoms with Crippen molar-refractivity contribution in [3.63, 3.8) is 0 Å². The highest BCUT2D eigenvalue weighted by Gasteiger charge is 2.25. The molecule has 0 aliphatic heterocycles. The van der Waals surface area contributed by atoms with E-state index in [0.29, 0.717) is 0 Å². The second-order valence-electron chi connectivity index (χ2n) is 11.2. The summed E-state index contributed by atoms with van der Waals surface area (Å²) in [4.78, 5) is 9.85. The van der Waals surface area contributed by atoms with Crippen LogP contribution in [0.1, 0.15) is 32.0 Å². The molecule has 0 saturated heterocycles. The van der Waals surface area contributed by atoms with Crippen molar-refractivity contribution in [1.82, 2.24) is 14.5 Å². The van der Waals surface area contributed by atoms with Gasteiger partial charge in [0.05, 0.1) is 22.4 Å². The Morgan fingerprint density at radius 2 is 1.44 bits per heavy atom. The molecule has 0 aliphatic rings. The minimum Gasteiger partial charge on any atom is -0.456 e. The van der Waals surface area contributed by atoms with Gasteiger partial charge in [-0.1, -0.05) is 75.4 Å². The molecule has 0 saturated carbocycles. The van der Waals surface area contributed by atoms with E-state index in [1.54, 1.807) is 0 Å². The van der Waals surface area contributed by atoms with Gasteiger partial charge in [0.15, 0.2) is 0 Å². The summed E-state index contributed by atoms with van der Waals surface area (Å²) in [5.41, 5.74) is 10.4. The van der Waals surface area contributed by atoms with Crippen molar-refractivity contribution in [2.45, 2.75) is 33.1 Å². The summed E-state index contributed by atoms with van der Waals surface area (Å²) in [6.07, 6.45) is 1.84. The predicted molar refractivity (Wildman–Crippen MR) is 160 cm³/mol. The largest absolute Gasteiger partial charge is 0.456 e. The summed E-state index contributed by atoms with van der Waals surface area (Å²) in [5, 5.41) is 2.20. The van der Waals surface area contributed by atoms with Gasteiger partial charge < -0.3 is 4.42 Å². The van der Waals surface area contributed by atoms with Gasteiger partial charge in [0.2, 0.25) is 0 Å². The van der Waals surface area contributed by atoms with Crippen LogP contribution in [0.25, 0.3) is 61.2 Å². The molecule has 4 aromatic carbocycles. The van der Waals surface area contributed by atoms with E-state index in [1.165, 1.54) is 16.7 Å². The fourth-order valence-electron chi connectivity index (χ4n) is 5.62. The monoisotopic (exact) mass is 507 g/mol. The first-order chi connectivity index (χ1) is 18.9. The summed E-state index contributed by atoms with van der Waals surface area (Å²) in [6.45, 7) is 8.88. The Morgan fingerprint density at radius 3 is 2.26 bits per heavy atom. The highest BCUT2D eigenvalue weighted by Crippen LogP contribution is 2.39. The molecule has 0 radical (unpaired) electrons. The zero-order valence-electron chi connectivity index (χ0n) is 22.6. The molecule has 0 fully saturated rings. The molecule has 0 N–H and O–H groups in total. The van der Waals surface area contributed by atoms with Crippen LogP contribution < -0.4 is 0 Å². The first kappa shape index (κ1) is 23.4. The zero-order valence-corrected chi connectivity index (χ0v) is 22.6. The lowest BCUT2D eigenvalue weighted by Crippen LogP contribution is -2.16. The number of benzene rings is 4. The lowest BCUT2D eigenvalue weighted by Gasteiger charge is -2.26. The predicted octanol–water partition coefficient (Wildman–Crippen LogP) is 9.26. The third-order valence-electron chi connectivity index (χ3n) is 7.54. The molecule has 7 aromatic rings. The van der Waals surface area contributed by atoms with Crippen molar-refractivity contribution in [2.75, 3.05) is 0 Å². The molecule has 4 heteroatoms. The first-order valence-electron chi connectivity index (χ1n) is 13.3. The molecular formula is C35H29N3O. The van der Waals surface area contributed by atoms with Gasteiger partial charge in [0.1, 0.15) is 17.0 Å². The molecule has 3 aromatic heterocycles. The zero-order chi connectivity index (χ0) is 26.7. The van der Waals surface area contributed by atoms with Crippen LogP contribution in [-0.4, -0.2) is 14.5 Å². The summed E-state index contributed by atoms with van der Waals surface area (Å²) in [6, 6.07) is 33.9. The van der Waals surface area contributed by atoms with Gasteiger partial charge >= 0.3 is 0 Å². The molecule has 0 amide bonds. The summed E-state index contributed by atoms with van der Waals surface area (Å²) in [7, 11) is 0. The minimum absolute atomic E-state index is 0.102. The van der Waals surface area contributed by atoms with E-state index >= 15 is 0 Å². The van der Waals surface area contributed by atoms with Crippen LogP contribution in [0.3, 0.4) is 0 Å². The van der Waals surface area contributed by atoms with Crippen LogP contribution in [-0.2, 0) is 5.41 Å². The number of nitrogens with zero attached hydrogens (tertiary/aromatic N) is 3. The Morgan fingerprint density at radius 1 is 0.692 bits per heavy atom. The Bertz CT molecular complexity index is 2010. The van der Waals surface area contributed by atoms with Crippen molar-refractivity contribution in [3.8, 4) is 28.2 Å². The molecule has 0 atom stereocenters. The van der Waals surface area contributed by atoms with Gasteiger partial charge in [-0.3, -0.25) is 9.55 Å². The van der Waals surface area contributed by atoms with E-state index < -0.39 is 0 Å². The number of aromatic nitrogens is 3. The Hall–Kier alpha value is -4.70. The normalized spacial score (nSPS) is 12.1. The van der Waals surface area contributed by atoms with Gasteiger partial charge in [-0.15, -0.1) is 0 Å².